The molecule has 0 aromatic heterocycles. The third-order valence-corrected chi connectivity index (χ3v) is 5.88. The molecular formula is C16H18ClNO. The number of fused-ring (bicyclic) bond motifs is 5. The summed E-state index contributed by atoms with van der Waals surface area (Å²) >= 11 is 6.09. The van der Waals surface area contributed by atoms with Gasteiger partial charge in [-0.05, 0) is 67.6 Å². The van der Waals surface area contributed by atoms with Crippen LogP contribution in [-0.2, 0) is 4.79 Å². The Balaban J connectivity index is 1.47. The van der Waals surface area contributed by atoms with Crippen LogP contribution < -0.4 is 5.32 Å². The highest BCUT2D eigenvalue weighted by atomic mass is 35.5. The minimum atomic E-state index is 0.214. The minimum absolute atomic E-state index is 0.214. The van der Waals surface area contributed by atoms with Gasteiger partial charge in [-0.1, -0.05) is 17.7 Å². The first-order valence-electron chi connectivity index (χ1n) is 7.22. The molecule has 2 bridgehead atoms. The highest BCUT2D eigenvalue weighted by Gasteiger charge is 2.67. The first-order chi connectivity index (χ1) is 9.15. The third kappa shape index (κ3) is 1.73. The van der Waals surface area contributed by atoms with Crippen LogP contribution in [0.1, 0.15) is 24.8 Å². The van der Waals surface area contributed by atoms with Crippen LogP contribution in [0.3, 0.4) is 0 Å². The van der Waals surface area contributed by atoms with E-state index in [9.17, 15) is 4.79 Å². The zero-order chi connectivity index (χ0) is 13.1. The lowest BCUT2D eigenvalue weighted by Gasteiger charge is -2.10. The van der Waals surface area contributed by atoms with E-state index in [0.29, 0.717) is 16.9 Å². The van der Waals surface area contributed by atoms with Crippen molar-refractivity contribution in [3.63, 3.8) is 0 Å². The largest absolute Gasteiger partial charge is 0.326 e. The number of nitrogens with one attached hydrogen (secondary N) is 1. The zero-order valence-corrected chi connectivity index (χ0v) is 11.8. The molecule has 4 rings (SSSR count). The molecule has 3 fully saturated rings. The summed E-state index contributed by atoms with van der Waals surface area (Å²) in [5, 5.41) is 3.76. The third-order valence-electron chi connectivity index (χ3n) is 5.48. The van der Waals surface area contributed by atoms with Gasteiger partial charge in [0.05, 0.1) is 0 Å². The number of amides is 1. The van der Waals surface area contributed by atoms with Gasteiger partial charge < -0.3 is 5.32 Å². The molecule has 0 spiro atoms. The molecule has 19 heavy (non-hydrogen) atoms. The van der Waals surface area contributed by atoms with E-state index in [1.807, 2.05) is 25.1 Å². The van der Waals surface area contributed by atoms with Gasteiger partial charge in [-0.15, -0.1) is 0 Å². The summed E-state index contributed by atoms with van der Waals surface area (Å²) in [7, 11) is 0. The van der Waals surface area contributed by atoms with Crippen molar-refractivity contribution in [3.05, 3.63) is 28.8 Å². The van der Waals surface area contributed by atoms with E-state index in [-0.39, 0.29) is 11.8 Å². The Hall–Kier alpha value is -1.02. The second kappa shape index (κ2) is 3.99. The lowest BCUT2D eigenvalue weighted by Crippen LogP contribution is -2.18. The number of rotatable bonds is 2. The SMILES string of the molecule is Cc1ccc(NC(=O)C2[C@@H]3[C@H]4CC[C@@H](C4)[C@@H]23)cc1Cl. The monoisotopic (exact) mass is 275 g/mol. The van der Waals surface area contributed by atoms with Gasteiger partial charge >= 0.3 is 0 Å². The molecule has 2 nitrogen and oxygen atoms in total. The van der Waals surface area contributed by atoms with E-state index in [2.05, 4.69) is 5.32 Å². The van der Waals surface area contributed by atoms with E-state index >= 15 is 0 Å². The highest BCUT2D eigenvalue weighted by molar-refractivity contribution is 6.31. The number of anilines is 1. The van der Waals surface area contributed by atoms with E-state index in [4.69, 9.17) is 11.6 Å². The summed E-state index contributed by atoms with van der Waals surface area (Å²) in [6, 6.07) is 5.74. The van der Waals surface area contributed by atoms with Crippen LogP contribution in [0.5, 0.6) is 0 Å². The van der Waals surface area contributed by atoms with Gasteiger partial charge in [0.1, 0.15) is 0 Å². The number of carbonyl (C=O) groups is 1. The van der Waals surface area contributed by atoms with Crippen molar-refractivity contribution in [2.45, 2.75) is 26.2 Å². The molecule has 3 aliphatic rings. The first-order valence-corrected chi connectivity index (χ1v) is 7.60. The van der Waals surface area contributed by atoms with Crippen molar-refractivity contribution in [1.29, 1.82) is 0 Å². The Morgan fingerprint density at radius 3 is 2.58 bits per heavy atom. The van der Waals surface area contributed by atoms with Crippen molar-refractivity contribution in [3.8, 4) is 0 Å². The fraction of sp³-hybridized carbons (Fsp3) is 0.562. The molecule has 0 radical (unpaired) electrons. The van der Waals surface area contributed by atoms with Crippen molar-refractivity contribution in [1.82, 2.24) is 0 Å². The van der Waals surface area contributed by atoms with Crippen LogP contribution in [-0.4, -0.2) is 5.91 Å². The molecule has 0 heterocycles. The summed E-state index contributed by atoms with van der Waals surface area (Å²) in [6.07, 6.45) is 4.09. The maximum absolute atomic E-state index is 12.3. The fourth-order valence-corrected chi connectivity index (χ4v) is 4.75. The van der Waals surface area contributed by atoms with Crippen LogP contribution in [0.15, 0.2) is 18.2 Å². The van der Waals surface area contributed by atoms with Crippen molar-refractivity contribution in [2.24, 2.45) is 29.6 Å². The second-order valence-electron chi connectivity index (χ2n) is 6.47. The molecular weight excluding hydrogens is 258 g/mol. The van der Waals surface area contributed by atoms with Crippen molar-refractivity contribution < 1.29 is 4.79 Å². The van der Waals surface area contributed by atoms with Crippen molar-refractivity contribution in [2.75, 3.05) is 5.32 Å². The highest BCUT2D eigenvalue weighted by Crippen LogP contribution is 2.69. The Morgan fingerprint density at radius 1 is 1.26 bits per heavy atom. The van der Waals surface area contributed by atoms with E-state index in [1.165, 1.54) is 19.3 Å². The molecule has 3 heteroatoms. The van der Waals surface area contributed by atoms with Gasteiger partial charge in [-0.3, -0.25) is 4.79 Å². The predicted molar refractivity (Wildman–Crippen MR) is 76.1 cm³/mol. The van der Waals surface area contributed by atoms with Gasteiger partial charge in [-0.2, -0.15) is 0 Å². The molecule has 1 amide bonds. The minimum Gasteiger partial charge on any atom is -0.326 e. The zero-order valence-electron chi connectivity index (χ0n) is 11.0. The maximum atomic E-state index is 12.3. The van der Waals surface area contributed by atoms with Crippen LogP contribution in [0.25, 0.3) is 0 Å². The molecule has 0 saturated heterocycles. The molecule has 1 aromatic rings. The standard InChI is InChI=1S/C16H18ClNO/c1-8-2-5-11(7-12(8)17)18-16(19)15-13-9-3-4-10(6-9)14(13)15/h2,5,7,9-10,13-15H,3-4,6H2,1H3,(H,18,19)/t9-,10-,13+,14+/m0/s1. The van der Waals surface area contributed by atoms with Crippen LogP contribution >= 0.6 is 11.6 Å². The summed E-state index contributed by atoms with van der Waals surface area (Å²) < 4.78 is 0. The van der Waals surface area contributed by atoms with Gasteiger partial charge in [0.15, 0.2) is 0 Å². The van der Waals surface area contributed by atoms with Crippen LogP contribution in [0, 0.1) is 36.5 Å². The quantitative estimate of drug-likeness (QED) is 0.872. The van der Waals surface area contributed by atoms with E-state index < -0.39 is 0 Å². The smallest absolute Gasteiger partial charge is 0.228 e. The summed E-state index contributed by atoms with van der Waals surface area (Å²) in [4.78, 5) is 12.3. The number of benzene rings is 1. The molecule has 100 valence electrons. The number of aryl methyl sites for hydroxylation is 1. The Morgan fingerprint density at radius 2 is 1.95 bits per heavy atom. The van der Waals surface area contributed by atoms with E-state index in [1.54, 1.807) is 0 Å². The van der Waals surface area contributed by atoms with Crippen LogP contribution in [0.2, 0.25) is 5.02 Å². The number of hydrogen-bond donors (Lipinski definition) is 1. The normalized spacial score (nSPS) is 38.1. The Kier molecular flexibility index (Phi) is 2.47. The number of carbonyl (C=O) groups excluding carboxylic acids is 1. The van der Waals surface area contributed by atoms with E-state index in [0.717, 1.165) is 23.1 Å². The first kappa shape index (κ1) is 11.8. The topological polar surface area (TPSA) is 29.1 Å². The molecule has 1 N–H and O–H groups in total. The maximum Gasteiger partial charge on any atom is 0.228 e. The van der Waals surface area contributed by atoms with Gasteiger partial charge in [0.2, 0.25) is 5.91 Å². The van der Waals surface area contributed by atoms with Gasteiger partial charge in [0, 0.05) is 16.6 Å². The summed E-state index contributed by atoms with van der Waals surface area (Å²) in [6.45, 7) is 1.97. The van der Waals surface area contributed by atoms with Crippen LogP contribution in [0.4, 0.5) is 5.69 Å². The summed E-state index contributed by atoms with van der Waals surface area (Å²) in [5.74, 6) is 3.57. The average Bonchev–Trinajstić information content (AvgIpc) is 2.83. The second-order valence-corrected chi connectivity index (χ2v) is 6.87. The molecule has 3 saturated carbocycles. The average molecular weight is 276 g/mol. The number of halogens is 1. The molecule has 3 aliphatic carbocycles. The van der Waals surface area contributed by atoms with Gasteiger partial charge in [-0.25, -0.2) is 0 Å². The molecule has 4 atom stereocenters. The molecule has 1 aromatic carbocycles. The van der Waals surface area contributed by atoms with Gasteiger partial charge in [0.25, 0.3) is 0 Å². The molecule has 0 unspecified atom stereocenters. The number of hydrogen-bond acceptors (Lipinski definition) is 1. The predicted octanol–water partition coefficient (Wildman–Crippen LogP) is 3.88. The lowest BCUT2D eigenvalue weighted by atomic mass is 10.0. The Bertz CT molecular complexity index is 540. The summed E-state index contributed by atoms with van der Waals surface area (Å²) in [5.41, 5.74) is 1.87. The Labute approximate surface area is 118 Å². The lowest BCUT2D eigenvalue weighted by molar-refractivity contribution is -0.118. The molecule has 0 aliphatic heterocycles. The fourth-order valence-electron chi connectivity index (χ4n) is 4.57. The van der Waals surface area contributed by atoms with Crippen molar-refractivity contribution >= 4 is 23.2 Å².